The zero-order valence-electron chi connectivity index (χ0n) is 16.1. The van der Waals surface area contributed by atoms with Crippen LogP contribution in [0.1, 0.15) is 43.9 Å². The summed E-state index contributed by atoms with van der Waals surface area (Å²) in [5.41, 5.74) is 2.09. The number of thiazole rings is 1. The van der Waals surface area contributed by atoms with Crippen molar-refractivity contribution in [1.29, 1.82) is 0 Å². The molecule has 1 aromatic heterocycles. The highest BCUT2D eigenvalue weighted by Crippen LogP contribution is 2.48. The highest BCUT2D eigenvalue weighted by molar-refractivity contribution is 7.13. The van der Waals surface area contributed by atoms with E-state index in [9.17, 15) is 9.59 Å². The first-order chi connectivity index (χ1) is 12.9. The molecule has 1 N–H and O–H groups in total. The Kier molecular flexibility index (Phi) is 6.26. The van der Waals surface area contributed by atoms with Gasteiger partial charge in [0, 0.05) is 17.8 Å². The predicted octanol–water partition coefficient (Wildman–Crippen LogP) is 4.07. The second-order valence-corrected chi connectivity index (χ2v) is 8.50. The second kappa shape index (κ2) is 8.65. The number of amides is 2. The summed E-state index contributed by atoms with van der Waals surface area (Å²) in [5, 5.41) is 5.29. The van der Waals surface area contributed by atoms with Gasteiger partial charge >= 0.3 is 0 Å². The zero-order chi connectivity index (χ0) is 19.4. The van der Waals surface area contributed by atoms with Crippen molar-refractivity contribution in [2.75, 3.05) is 18.4 Å². The normalized spacial score (nSPS) is 18.4. The van der Waals surface area contributed by atoms with Crippen LogP contribution in [0.4, 0.5) is 5.13 Å². The fourth-order valence-corrected chi connectivity index (χ4v) is 3.90. The number of carbonyl (C=O) groups is 2. The van der Waals surface area contributed by atoms with Crippen LogP contribution in [0.5, 0.6) is 0 Å². The molecular weight excluding hydrogens is 358 g/mol. The van der Waals surface area contributed by atoms with Gasteiger partial charge in [-0.15, -0.1) is 11.3 Å². The first kappa shape index (κ1) is 19.5. The average molecular weight is 386 g/mol. The Labute approximate surface area is 164 Å². The Morgan fingerprint density at radius 2 is 2.04 bits per heavy atom. The van der Waals surface area contributed by atoms with Crippen LogP contribution in [0.3, 0.4) is 0 Å². The SMILES string of the molecule is Cc1csc(NC(=O)CN(CCC(C)C)C(=O)C2CC2c2ccccc2)n1. The van der Waals surface area contributed by atoms with E-state index in [2.05, 4.69) is 36.3 Å². The van der Waals surface area contributed by atoms with E-state index in [1.165, 1.54) is 16.9 Å². The summed E-state index contributed by atoms with van der Waals surface area (Å²) in [6.07, 6.45) is 1.76. The molecule has 6 heteroatoms. The summed E-state index contributed by atoms with van der Waals surface area (Å²) in [4.78, 5) is 31.4. The molecule has 0 aliphatic heterocycles. The minimum Gasteiger partial charge on any atom is -0.333 e. The van der Waals surface area contributed by atoms with Crippen LogP contribution in [-0.2, 0) is 9.59 Å². The summed E-state index contributed by atoms with van der Waals surface area (Å²) in [6, 6.07) is 10.2. The maximum Gasteiger partial charge on any atom is 0.245 e. The largest absolute Gasteiger partial charge is 0.333 e. The molecular formula is C21H27N3O2S. The summed E-state index contributed by atoms with van der Waals surface area (Å²) >= 11 is 1.40. The van der Waals surface area contributed by atoms with Gasteiger partial charge in [0.15, 0.2) is 5.13 Å². The fraction of sp³-hybridized carbons (Fsp3) is 0.476. The molecule has 2 atom stereocenters. The number of nitrogens with zero attached hydrogens (tertiary/aromatic N) is 2. The van der Waals surface area contributed by atoms with Crippen LogP contribution in [-0.4, -0.2) is 34.8 Å². The van der Waals surface area contributed by atoms with Crippen molar-refractivity contribution in [2.45, 2.75) is 39.5 Å². The molecule has 1 heterocycles. The van der Waals surface area contributed by atoms with E-state index >= 15 is 0 Å². The maximum atomic E-state index is 13.0. The monoisotopic (exact) mass is 385 g/mol. The molecule has 1 aromatic carbocycles. The first-order valence-corrected chi connectivity index (χ1v) is 10.4. The summed E-state index contributed by atoms with van der Waals surface area (Å²) in [6.45, 7) is 6.85. The van der Waals surface area contributed by atoms with E-state index < -0.39 is 0 Å². The third-order valence-electron chi connectivity index (χ3n) is 4.82. The van der Waals surface area contributed by atoms with Crippen molar-refractivity contribution in [3.8, 4) is 0 Å². The minimum absolute atomic E-state index is 0.00512. The van der Waals surface area contributed by atoms with Crippen molar-refractivity contribution in [3.05, 3.63) is 47.0 Å². The van der Waals surface area contributed by atoms with E-state index in [1.54, 1.807) is 4.90 Å². The Hall–Kier alpha value is -2.21. The van der Waals surface area contributed by atoms with Gasteiger partial charge in [-0.3, -0.25) is 9.59 Å². The lowest BCUT2D eigenvalue weighted by Crippen LogP contribution is -2.40. The van der Waals surface area contributed by atoms with Gasteiger partial charge in [-0.25, -0.2) is 4.98 Å². The van der Waals surface area contributed by atoms with Crippen molar-refractivity contribution in [1.82, 2.24) is 9.88 Å². The van der Waals surface area contributed by atoms with Crippen LogP contribution in [0.25, 0.3) is 0 Å². The van der Waals surface area contributed by atoms with E-state index in [0.29, 0.717) is 17.6 Å². The van der Waals surface area contributed by atoms with Gasteiger partial charge in [-0.1, -0.05) is 44.2 Å². The van der Waals surface area contributed by atoms with Crippen molar-refractivity contribution in [3.63, 3.8) is 0 Å². The van der Waals surface area contributed by atoms with Crippen LogP contribution in [0.2, 0.25) is 0 Å². The van der Waals surface area contributed by atoms with E-state index in [-0.39, 0.29) is 30.2 Å². The van der Waals surface area contributed by atoms with Gasteiger partial charge in [0.05, 0.1) is 12.2 Å². The molecule has 0 bridgehead atoms. The van der Waals surface area contributed by atoms with Crippen LogP contribution < -0.4 is 5.32 Å². The fourth-order valence-electron chi connectivity index (χ4n) is 3.20. The molecule has 0 spiro atoms. The number of anilines is 1. The quantitative estimate of drug-likeness (QED) is 0.745. The molecule has 0 saturated heterocycles. The Morgan fingerprint density at radius 3 is 2.67 bits per heavy atom. The molecule has 1 aliphatic carbocycles. The minimum atomic E-state index is -0.182. The smallest absolute Gasteiger partial charge is 0.245 e. The molecule has 0 radical (unpaired) electrons. The van der Waals surface area contributed by atoms with Crippen LogP contribution in [0, 0.1) is 18.8 Å². The molecule has 5 nitrogen and oxygen atoms in total. The zero-order valence-corrected chi connectivity index (χ0v) is 17.0. The molecule has 2 aromatic rings. The number of rotatable bonds is 8. The lowest BCUT2D eigenvalue weighted by molar-refractivity contribution is -0.136. The molecule has 144 valence electrons. The van der Waals surface area contributed by atoms with Crippen molar-refractivity contribution < 1.29 is 9.59 Å². The van der Waals surface area contributed by atoms with Gasteiger partial charge in [0.25, 0.3) is 0 Å². The van der Waals surface area contributed by atoms with Gasteiger partial charge < -0.3 is 10.2 Å². The highest BCUT2D eigenvalue weighted by atomic mass is 32.1. The van der Waals surface area contributed by atoms with Gasteiger partial charge in [0.2, 0.25) is 11.8 Å². The number of benzene rings is 1. The maximum absolute atomic E-state index is 13.0. The van der Waals surface area contributed by atoms with Crippen LogP contribution >= 0.6 is 11.3 Å². The molecule has 2 unspecified atom stereocenters. The number of aryl methyl sites for hydroxylation is 1. The average Bonchev–Trinajstić information content (AvgIpc) is 3.34. The Balaban J connectivity index is 1.62. The summed E-state index contributed by atoms with van der Waals surface area (Å²) in [5.74, 6) is 0.668. The lowest BCUT2D eigenvalue weighted by atomic mass is 10.1. The molecule has 2 amide bonds. The summed E-state index contributed by atoms with van der Waals surface area (Å²) in [7, 11) is 0. The van der Waals surface area contributed by atoms with Gasteiger partial charge in [0.1, 0.15) is 0 Å². The molecule has 27 heavy (non-hydrogen) atoms. The number of nitrogens with one attached hydrogen (secondary N) is 1. The van der Waals surface area contributed by atoms with E-state index in [1.807, 2.05) is 30.5 Å². The van der Waals surface area contributed by atoms with Crippen LogP contribution in [0.15, 0.2) is 35.7 Å². The second-order valence-electron chi connectivity index (χ2n) is 7.64. The molecule has 1 saturated carbocycles. The Morgan fingerprint density at radius 1 is 1.30 bits per heavy atom. The molecule has 1 aliphatic rings. The van der Waals surface area contributed by atoms with Gasteiger partial charge in [-0.2, -0.15) is 0 Å². The molecule has 3 rings (SSSR count). The topological polar surface area (TPSA) is 62.3 Å². The standard InChI is InChI=1S/C21H27N3O2S/c1-14(2)9-10-24(12-19(25)23-21-22-15(3)13-27-21)20(26)18-11-17(18)16-7-5-4-6-8-16/h4-8,13-14,17-18H,9-12H2,1-3H3,(H,22,23,25). The number of hydrogen-bond donors (Lipinski definition) is 1. The predicted molar refractivity (Wildman–Crippen MR) is 109 cm³/mol. The number of aromatic nitrogens is 1. The van der Waals surface area contributed by atoms with Crippen molar-refractivity contribution in [2.24, 2.45) is 11.8 Å². The number of carbonyl (C=O) groups excluding carboxylic acids is 2. The highest BCUT2D eigenvalue weighted by Gasteiger charge is 2.45. The van der Waals surface area contributed by atoms with E-state index in [0.717, 1.165) is 18.5 Å². The Bertz CT molecular complexity index is 788. The van der Waals surface area contributed by atoms with E-state index in [4.69, 9.17) is 0 Å². The summed E-state index contributed by atoms with van der Waals surface area (Å²) < 4.78 is 0. The number of hydrogen-bond acceptors (Lipinski definition) is 4. The third-order valence-corrected chi connectivity index (χ3v) is 5.70. The molecule has 1 fully saturated rings. The third kappa shape index (κ3) is 5.39. The van der Waals surface area contributed by atoms with Crippen molar-refractivity contribution >= 4 is 28.3 Å². The first-order valence-electron chi connectivity index (χ1n) is 9.49. The lowest BCUT2D eigenvalue weighted by Gasteiger charge is -2.23. The van der Waals surface area contributed by atoms with Gasteiger partial charge in [-0.05, 0) is 37.2 Å².